The van der Waals surface area contributed by atoms with E-state index in [0.29, 0.717) is 24.6 Å². The van der Waals surface area contributed by atoms with E-state index in [0.717, 1.165) is 0 Å². The van der Waals surface area contributed by atoms with E-state index in [1.807, 2.05) is 13.8 Å². The highest BCUT2D eigenvalue weighted by Crippen LogP contribution is 2.27. The van der Waals surface area contributed by atoms with Crippen LogP contribution in [0.4, 0.5) is 15.8 Å². The summed E-state index contributed by atoms with van der Waals surface area (Å²) >= 11 is 0. The summed E-state index contributed by atoms with van der Waals surface area (Å²) in [5.41, 5.74) is 6.23. The molecule has 1 rings (SSSR count). The minimum atomic E-state index is -0.396. The van der Waals surface area contributed by atoms with Gasteiger partial charge in [-0.25, -0.2) is 4.39 Å². The zero-order chi connectivity index (χ0) is 12.8. The molecular weight excluding hydrogens is 223 g/mol. The molecular formula is C12H19FN2O2. The van der Waals surface area contributed by atoms with Gasteiger partial charge in [-0.3, -0.25) is 0 Å². The number of rotatable bonds is 6. The molecule has 17 heavy (non-hydrogen) atoms. The maximum Gasteiger partial charge on any atom is 0.148 e. The number of hydrogen-bond acceptors (Lipinski definition) is 4. The number of ether oxygens (including phenoxy) is 2. The molecule has 0 aliphatic carbocycles. The van der Waals surface area contributed by atoms with Gasteiger partial charge in [0.15, 0.2) is 0 Å². The predicted octanol–water partition coefficient (Wildman–Crippen LogP) is 2.25. The third-order valence-electron chi connectivity index (χ3n) is 2.19. The summed E-state index contributed by atoms with van der Waals surface area (Å²) in [5, 5.41) is 2.93. The van der Waals surface area contributed by atoms with Crippen LogP contribution >= 0.6 is 0 Å². The first-order valence-electron chi connectivity index (χ1n) is 5.53. The van der Waals surface area contributed by atoms with Gasteiger partial charge in [-0.15, -0.1) is 0 Å². The Kier molecular flexibility index (Phi) is 5.03. The molecule has 0 fully saturated rings. The zero-order valence-electron chi connectivity index (χ0n) is 10.4. The minimum Gasteiger partial charge on any atom is -0.495 e. The second-order valence-electron chi connectivity index (χ2n) is 3.92. The van der Waals surface area contributed by atoms with E-state index in [-0.39, 0.29) is 11.8 Å². The average Bonchev–Trinajstić information content (AvgIpc) is 2.26. The van der Waals surface area contributed by atoms with Gasteiger partial charge in [0.05, 0.1) is 31.2 Å². The fourth-order valence-electron chi connectivity index (χ4n) is 1.36. The maximum absolute atomic E-state index is 13.5. The van der Waals surface area contributed by atoms with Crippen molar-refractivity contribution in [3.8, 4) is 5.75 Å². The lowest BCUT2D eigenvalue weighted by Gasteiger charge is -2.12. The number of benzene rings is 1. The minimum absolute atomic E-state index is 0.169. The van der Waals surface area contributed by atoms with Crippen LogP contribution in [0.1, 0.15) is 13.8 Å². The molecule has 0 heterocycles. The third kappa shape index (κ3) is 4.11. The smallest absolute Gasteiger partial charge is 0.148 e. The molecule has 0 unspecified atom stereocenters. The fourth-order valence-corrected chi connectivity index (χ4v) is 1.36. The predicted molar refractivity (Wildman–Crippen MR) is 66.9 cm³/mol. The fraction of sp³-hybridized carbons (Fsp3) is 0.500. The van der Waals surface area contributed by atoms with Crippen molar-refractivity contribution in [3.05, 3.63) is 17.9 Å². The van der Waals surface area contributed by atoms with E-state index in [1.165, 1.54) is 13.2 Å². The lowest BCUT2D eigenvalue weighted by atomic mass is 10.2. The lowest BCUT2D eigenvalue weighted by Crippen LogP contribution is -2.14. The van der Waals surface area contributed by atoms with Crippen LogP contribution in [-0.4, -0.2) is 26.4 Å². The quantitative estimate of drug-likeness (QED) is 0.593. The molecule has 0 saturated heterocycles. The third-order valence-corrected chi connectivity index (χ3v) is 2.19. The van der Waals surface area contributed by atoms with Gasteiger partial charge in [-0.1, -0.05) is 0 Å². The molecule has 96 valence electrons. The van der Waals surface area contributed by atoms with Gasteiger partial charge in [0.25, 0.3) is 0 Å². The molecule has 0 saturated carbocycles. The van der Waals surface area contributed by atoms with Crippen molar-refractivity contribution in [2.45, 2.75) is 20.0 Å². The topological polar surface area (TPSA) is 56.5 Å². The Morgan fingerprint density at radius 1 is 1.41 bits per heavy atom. The van der Waals surface area contributed by atoms with Gasteiger partial charge in [-0.2, -0.15) is 0 Å². The SMILES string of the molecule is COc1cc(NCCOC(C)C)c(F)cc1N. The second kappa shape index (κ2) is 6.30. The van der Waals surface area contributed by atoms with Crippen molar-refractivity contribution in [1.82, 2.24) is 0 Å². The summed E-state index contributed by atoms with van der Waals surface area (Å²) in [6, 6.07) is 2.78. The van der Waals surface area contributed by atoms with Crippen molar-refractivity contribution in [3.63, 3.8) is 0 Å². The molecule has 1 aromatic rings. The molecule has 3 N–H and O–H groups in total. The summed E-state index contributed by atoms with van der Waals surface area (Å²) in [6.45, 7) is 4.95. The Hall–Kier alpha value is -1.49. The number of anilines is 2. The number of halogens is 1. The number of hydrogen-bond donors (Lipinski definition) is 2. The van der Waals surface area contributed by atoms with E-state index in [4.69, 9.17) is 15.2 Å². The Morgan fingerprint density at radius 3 is 2.71 bits per heavy atom. The van der Waals surface area contributed by atoms with Gasteiger partial charge in [0.2, 0.25) is 0 Å². The number of nitrogen functional groups attached to an aromatic ring is 1. The Morgan fingerprint density at radius 2 is 2.12 bits per heavy atom. The number of nitrogens with two attached hydrogens (primary N) is 1. The van der Waals surface area contributed by atoms with Gasteiger partial charge >= 0.3 is 0 Å². The summed E-state index contributed by atoms with van der Waals surface area (Å²) in [4.78, 5) is 0. The van der Waals surface area contributed by atoms with E-state index in [9.17, 15) is 4.39 Å². The Bertz CT molecular complexity index is 370. The molecule has 5 heteroatoms. The van der Waals surface area contributed by atoms with Gasteiger partial charge < -0.3 is 20.5 Å². The van der Waals surface area contributed by atoms with E-state index < -0.39 is 5.82 Å². The highest BCUT2D eigenvalue weighted by Gasteiger charge is 2.07. The van der Waals surface area contributed by atoms with E-state index >= 15 is 0 Å². The Balaban J connectivity index is 2.58. The molecule has 0 aliphatic rings. The summed E-state index contributed by atoms with van der Waals surface area (Å²) in [6.07, 6.45) is 0.169. The molecule has 0 bridgehead atoms. The summed E-state index contributed by atoms with van der Waals surface area (Å²) in [5.74, 6) is 0.0616. The molecule has 0 aliphatic heterocycles. The molecule has 0 aromatic heterocycles. The molecule has 0 atom stereocenters. The second-order valence-corrected chi connectivity index (χ2v) is 3.92. The van der Waals surface area contributed by atoms with Crippen LogP contribution in [0.25, 0.3) is 0 Å². The van der Waals surface area contributed by atoms with Crippen LogP contribution in [0.15, 0.2) is 12.1 Å². The van der Waals surface area contributed by atoms with Crippen molar-refractivity contribution in [2.75, 3.05) is 31.3 Å². The van der Waals surface area contributed by atoms with Crippen LogP contribution in [0.5, 0.6) is 5.75 Å². The molecule has 0 amide bonds. The number of nitrogens with one attached hydrogen (secondary N) is 1. The highest BCUT2D eigenvalue weighted by molar-refractivity contribution is 5.62. The maximum atomic E-state index is 13.5. The van der Waals surface area contributed by atoms with Crippen LogP contribution in [0, 0.1) is 5.82 Å². The average molecular weight is 242 g/mol. The van der Waals surface area contributed by atoms with E-state index in [2.05, 4.69) is 5.32 Å². The monoisotopic (exact) mass is 242 g/mol. The highest BCUT2D eigenvalue weighted by atomic mass is 19.1. The van der Waals surface area contributed by atoms with Gasteiger partial charge in [0.1, 0.15) is 11.6 Å². The first-order chi connectivity index (χ1) is 8.04. The molecule has 0 radical (unpaired) electrons. The van der Waals surface area contributed by atoms with Gasteiger partial charge in [0, 0.05) is 18.7 Å². The van der Waals surface area contributed by atoms with Crippen molar-refractivity contribution in [1.29, 1.82) is 0 Å². The van der Waals surface area contributed by atoms with Crippen molar-refractivity contribution >= 4 is 11.4 Å². The van der Waals surface area contributed by atoms with Crippen LogP contribution in [-0.2, 0) is 4.74 Å². The standard InChI is InChI=1S/C12H19FN2O2/c1-8(2)17-5-4-15-11-7-12(16-3)10(14)6-9(11)13/h6-8,15H,4-5,14H2,1-3H3. The van der Waals surface area contributed by atoms with Crippen LogP contribution in [0.2, 0.25) is 0 Å². The first-order valence-corrected chi connectivity index (χ1v) is 5.53. The number of methoxy groups -OCH3 is 1. The van der Waals surface area contributed by atoms with Crippen LogP contribution < -0.4 is 15.8 Å². The van der Waals surface area contributed by atoms with Gasteiger partial charge in [-0.05, 0) is 13.8 Å². The lowest BCUT2D eigenvalue weighted by molar-refractivity contribution is 0.0870. The largest absolute Gasteiger partial charge is 0.495 e. The Labute approximate surface area is 101 Å². The normalized spacial score (nSPS) is 10.6. The zero-order valence-corrected chi connectivity index (χ0v) is 10.4. The summed E-state index contributed by atoms with van der Waals surface area (Å²) < 4.78 is 23.9. The molecule has 0 spiro atoms. The summed E-state index contributed by atoms with van der Waals surface area (Å²) in [7, 11) is 1.50. The van der Waals surface area contributed by atoms with Crippen LogP contribution in [0.3, 0.4) is 0 Å². The first kappa shape index (κ1) is 13.6. The van der Waals surface area contributed by atoms with E-state index in [1.54, 1.807) is 6.07 Å². The van der Waals surface area contributed by atoms with Crippen molar-refractivity contribution < 1.29 is 13.9 Å². The molecule has 4 nitrogen and oxygen atoms in total. The van der Waals surface area contributed by atoms with Crippen molar-refractivity contribution in [2.24, 2.45) is 0 Å². The molecule has 1 aromatic carbocycles.